The first-order valence-corrected chi connectivity index (χ1v) is 4.82. The Bertz CT molecular complexity index is 666. The lowest BCUT2D eigenvalue weighted by atomic mass is 10.1. The van der Waals surface area contributed by atoms with E-state index in [-0.39, 0.29) is 11.1 Å². The molecule has 94 valence electrons. The van der Waals surface area contributed by atoms with Crippen molar-refractivity contribution in [3.63, 3.8) is 0 Å². The Hall–Kier alpha value is -2.44. The summed E-state index contributed by atoms with van der Waals surface area (Å²) in [5.74, 6) is -1.59. The van der Waals surface area contributed by atoms with Crippen molar-refractivity contribution in [2.24, 2.45) is 0 Å². The summed E-state index contributed by atoms with van der Waals surface area (Å²) < 4.78 is 28.2. The summed E-state index contributed by atoms with van der Waals surface area (Å²) in [6.45, 7) is -3.01. The highest BCUT2D eigenvalue weighted by Crippen LogP contribution is 2.19. The monoisotopic (exact) mass is 255 g/mol. The van der Waals surface area contributed by atoms with Gasteiger partial charge in [-0.2, -0.15) is 8.78 Å². The summed E-state index contributed by atoms with van der Waals surface area (Å²) in [4.78, 5) is 25.1. The van der Waals surface area contributed by atoms with Crippen molar-refractivity contribution in [3.05, 3.63) is 40.2 Å². The maximum absolute atomic E-state index is 12.0. The summed E-state index contributed by atoms with van der Waals surface area (Å²) in [6.07, 6.45) is 1.06. The van der Waals surface area contributed by atoms with E-state index in [9.17, 15) is 18.4 Å². The molecule has 2 aromatic rings. The quantitative estimate of drug-likeness (QED) is 0.876. The van der Waals surface area contributed by atoms with Gasteiger partial charge < -0.3 is 14.8 Å². The molecule has 1 heterocycles. The van der Waals surface area contributed by atoms with Gasteiger partial charge in [-0.1, -0.05) is 0 Å². The van der Waals surface area contributed by atoms with Crippen molar-refractivity contribution >= 4 is 16.9 Å². The Morgan fingerprint density at radius 2 is 2.11 bits per heavy atom. The van der Waals surface area contributed by atoms with Crippen molar-refractivity contribution in [3.8, 4) is 5.75 Å². The van der Waals surface area contributed by atoms with Gasteiger partial charge in [0, 0.05) is 11.7 Å². The highest BCUT2D eigenvalue weighted by Gasteiger charge is 2.12. The number of alkyl halides is 2. The van der Waals surface area contributed by atoms with Crippen molar-refractivity contribution < 1.29 is 23.4 Å². The molecule has 2 N–H and O–H groups in total. The molecular formula is C11H7F2NO4. The Labute approximate surface area is 98.6 Å². The molecule has 0 amide bonds. The van der Waals surface area contributed by atoms with E-state index in [0.29, 0.717) is 5.52 Å². The van der Waals surface area contributed by atoms with Crippen molar-refractivity contribution in [2.75, 3.05) is 0 Å². The number of aromatic carboxylic acids is 1. The third-order valence-electron chi connectivity index (χ3n) is 2.31. The number of pyridine rings is 1. The smallest absolute Gasteiger partial charge is 0.387 e. The number of hydrogen-bond donors (Lipinski definition) is 2. The van der Waals surface area contributed by atoms with Gasteiger partial charge in [-0.15, -0.1) is 0 Å². The molecule has 2 rings (SSSR count). The second-order valence-electron chi connectivity index (χ2n) is 3.42. The van der Waals surface area contributed by atoms with Crippen LogP contribution in [-0.4, -0.2) is 22.7 Å². The van der Waals surface area contributed by atoms with E-state index in [0.717, 1.165) is 12.3 Å². The van der Waals surface area contributed by atoms with Gasteiger partial charge in [0.1, 0.15) is 11.3 Å². The predicted molar refractivity (Wildman–Crippen MR) is 58.2 cm³/mol. The number of carboxylic acids is 1. The average molecular weight is 255 g/mol. The molecule has 0 spiro atoms. The van der Waals surface area contributed by atoms with Gasteiger partial charge in [0.2, 0.25) is 5.43 Å². The molecule has 7 heteroatoms. The summed E-state index contributed by atoms with van der Waals surface area (Å²) >= 11 is 0. The molecule has 18 heavy (non-hydrogen) atoms. The van der Waals surface area contributed by atoms with Crippen LogP contribution in [0.5, 0.6) is 5.75 Å². The lowest BCUT2D eigenvalue weighted by molar-refractivity contribution is -0.0497. The first-order chi connectivity index (χ1) is 8.49. The third-order valence-corrected chi connectivity index (χ3v) is 2.31. The van der Waals surface area contributed by atoms with Gasteiger partial charge in [0.15, 0.2) is 0 Å². The predicted octanol–water partition coefficient (Wildman–Crippen LogP) is 1.83. The topological polar surface area (TPSA) is 79.4 Å². The number of ether oxygens (including phenoxy) is 1. The van der Waals surface area contributed by atoms with Crippen molar-refractivity contribution in [2.45, 2.75) is 6.61 Å². The lowest BCUT2D eigenvalue weighted by Crippen LogP contribution is -2.15. The maximum Gasteiger partial charge on any atom is 0.387 e. The lowest BCUT2D eigenvalue weighted by Gasteiger charge is -2.05. The molecule has 1 aromatic carbocycles. The van der Waals surface area contributed by atoms with Crippen LogP contribution in [0, 0.1) is 0 Å². The normalized spacial score (nSPS) is 10.8. The highest BCUT2D eigenvalue weighted by molar-refractivity contribution is 5.92. The number of H-pyrrole nitrogens is 1. The fourth-order valence-electron chi connectivity index (χ4n) is 1.53. The Kier molecular flexibility index (Phi) is 2.97. The van der Waals surface area contributed by atoms with E-state index in [4.69, 9.17) is 5.11 Å². The molecule has 0 saturated heterocycles. The van der Waals surface area contributed by atoms with Crippen LogP contribution in [-0.2, 0) is 0 Å². The van der Waals surface area contributed by atoms with E-state index in [1.54, 1.807) is 0 Å². The number of carbonyl (C=O) groups is 1. The molecular weight excluding hydrogens is 248 g/mol. The third kappa shape index (κ3) is 2.15. The van der Waals surface area contributed by atoms with E-state index in [1.165, 1.54) is 12.1 Å². The summed E-state index contributed by atoms with van der Waals surface area (Å²) in [7, 11) is 0. The van der Waals surface area contributed by atoms with E-state index < -0.39 is 23.6 Å². The van der Waals surface area contributed by atoms with Crippen LogP contribution in [0.3, 0.4) is 0 Å². The van der Waals surface area contributed by atoms with Crippen LogP contribution in [0.2, 0.25) is 0 Å². The number of rotatable bonds is 3. The SMILES string of the molecule is O=C(O)c1c[nH]c2ccc(OC(F)F)cc2c1=O. The minimum absolute atomic E-state index is 0.0203. The summed E-state index contributed by atoms with van der Waals surface area (Å²) in [6, 6.07) is 3.69. The molecule has 0 bridgehead atoms. The summed E-state index contributed by atoms with van der Waals surface area (Å²) in [5.41, 5.74) is -0.876. The van der Waals surface area contributed by atoms with E-state index in [2.05, 4.69) is 9.72 Å². The molecule has 0 fully saturated rings. The Balaban J connectivity index is 2.63. The zero-order valence-electron chi connectivity index (χ0n) is 8.81. The van der Waals surface area contributed by atoms with Gasteiger partial charge in [-0.25, -0.2) is 4.79 Å². The summed E-state index contributed by atoms with van der Waals surface area (Å²) in [5, 5.41) is 8.75. The first-order valence-electron chi connectivity index (χ1n) is 4.82. The molecule has 0 aliphatic heterocycles. The molecule has 0 unspecified atom stereocenters. The van der Waals surface area contributed by atoms with Crippen LogP contribution < -0.4 is 10.2 Å². The van der Waals surface area contributed by atoms with Crippen molar-refractivity contribution in [1.29, 1.82) is 0 Å². The molecule has 5 nitrogen and oxygen atoms in total. The number of halogens is 2. The van der Waals surface area contributed by atoms with Crippen LogP contribution in [0.4, 0.5) is 8.78 Å². The van der Waals surface area contributed by atoms with E-state index in [1.807, 2.05) is 0 Å². The Morgan fingerprint density at radius 3 is 2.72 bits per heavy atom. The van der Waals surface area contributed by atoms with Crippen molar-refractivity contribution in [1.82, 2.24) is 4.98 Å². The number of hydrogen-bond acceptors (Lipinski definition) is 3. The average Bonchev–Trinajstić information content (AvgIpc) is 2.29. The molecule has 0 atom stereocenters. The first kappa shape index (κ1) is 12.0. The molecule has 0 saturated carbocycles. The highest BCUT2D eigenvalue weighted by atomic mass is 19.3. The zero-order chi connectivity index (χ0) is 13.3. The number of fused-ring (bicyclic) bond motifs is 1. The standard InChI is InChI=1S/C11H7F2NO4/c12-11(13)18-5-1-2-8-6(3-5)9(15)7(4-14-8)10(16)17/h1-4,11H,(H,14,15)(H,16,17). The number of nitrogens with one attached hydrogen (secondary N) is 1. The second kappa shape index (κ2) is 4.44. The number of carboxylic acid groups (broad SMARTS) is 1. The number of aromatic nitrogens is 1. The number of benzene rings is 1. The minimum Gasteiger partial charge on any atom is -0.477 e. The van der Waals surface area contributed by atoms with E-state index >= 15 is 0 Å². The van der Waals surface area contributed by atoms with Crippen LogP contribution in [0.15, 0.2) is 29.2 Å². The minimum atomic E-state index is -3.01. The Morgan fingerprint density at radius 1 is 1.39 bits per heavy atom. The van der Waals surface area contributed by atoms with Gasteiger partial charge in [0.05, 0.1) is 5.39 Å². The van der Waals surface area contributed by atoms with Gasteiger partial charge in [-0.05, 0) is 18.2 Å². The number of aromatic amines is 1. The van der Waals surface area contributed by atoms with Crippen LogP contribution >= 0.6 is 0 Å². The maximum atomic E-state index is 12.0. The molecule has 0 aliphatic carbocycles. The van der Waals surface area contributed by atoms with Crippen LogP contribution in [0.25, 0.3) is 10.9 Å². The molecule has 0 radical (unpaired) electrons. The zero-order valence-corrected chi connectivity index (χ0v) is 8.81. The van der Waals surface area contributed by atoms with Gasteiger partial charge in [-0.3, -0.25) is 4.79 Å². The van der Waals surface area contributed by atoms with Gasteiger partial charge >= 0.3 is 12.6 Å². The second-order valence-corrected chi connectivity index (χ2v) is 3.42. The molecule has 0 aliphatic rings. The fourth-order valence-corrected chi connectivity index (χ4v) is 1.53. The largest absolute Gasteiger partial charge is 0.477 e. The van der Waals surface area contributed by atoms with Crippen LogP contribution in [0.1, 0.15) is 10.4 Å². The fraction of sp³-hybridized carbons (Fsp3) is 0.0909. The van der Waals surface area contributed by atoms with Gasteiger partial charge in [0.25, 0.3) is 0 Å². The molecule has 1 aromatic heterocycles.